The third-order valence-corrected chi connectivity index (χ3v) is 2.91. The molecule has 1 rings (SSSR count). The fourth-order valence-corrected chi connectivity index (χ4v) is 1.84. The summed E-state index contributed by atoms with van der Waals surface area (Å²) in [5, 5.41) is 20.7. The molecule has 100 valence electrons. The van der Waals surface area contributed by atoms with Crippen LogP contribution in [0.2, 0.25) is 0 Å². The molecule has 6 heteroatoms. The number of imidazole rings is 1. The van der Waals surface area contributed by atoms with Gasteiger partial charge in [0, 0.05) is 6.04 Å². The van der Waals surface area contributed by atoms with Crippen molar-refractivity contribution < 1.29 is 4.79 Å². The minimum Gasteiger partial charge on any atom is -0.352 e. The number of hydrogen-bond donors (Lipinski definition) is 1. The van der Waals surface area contributed by atoms with Gasteiger partial charge in [-0.25, -0.2) is 4.98 Å². The van der Waals surface area contributed by atoms with Crippen LogP contribution in [0.1, 0.15) is 51.0 Å². The van der Waals surface area contributed by atoms with Gasteiger partial charge in [0.05, 0.1) is 6.33 Å². The summed E-state index contributed by atoms with van der Waals surface area (Å²) in [5.74, 6) is -0.181. The van der Waals surface area contributed by atoms with Crippen molar-refractivity contribution in [1.29, 1.82) is 10.5 Å². The highest BCUT2D eigenvalue weighted by atomic mass is 16.2. The average molecular weight is 259 g/mol. The highest BCUT2D eigenvalue weighted by Gasteiger charge is 2.21. The van der Waals surface area contributed by atoms with Crippen LogP contribution in [0.5, 0.6) is 0 Å². The van der Waals surface area contributed by atoms with E-state index in [4.69, 9.17) is 10.5 Å². The van der Waals surface area contributed by atoms with Gasteiger partial charge in [-0.1, -0.05) is 13.3 Å². The molecule has 0 aliphatic carbocycles. The molecular formula is C13H17N5O. The van der Waals surface area contributed by atoms with Gasteiger partial charge in [0.2, 0.25) is 5.91 Å². The minimum absolute atomic E-state index is 0.0451. The molecule has 6 nitrogen and oxygen atoms in total. The molecule has 0 bridgehead atoms. The predicted octanol–water partition coefficient (Wildman–Crippen LogP) is 1.49. The first-order chi connectivity index (χ1) is 9.04. The highest BCUT2D eigenvalue weighted by Crippen LogP contribution is 2.13. The fraction of sp³-hybridized carbons (Fsp3) is 0.538. The van der Waals surface area contributed by atoms with Crippen molar-refractivity contribution in [3.63, 3.8) is 0 Å². The number of nitriles is 2. The molecule has 0 saturated carbocycles. The first kappa shape index (κ1) is 14.7. The summed E-state index contributed by atoms with van der Waals surface area (Å²) in [6.07, 6.45) is 3.24. The van der Waals surface area contributed by atoms with Crippen LogP contribution in [0.25, 0.3) is 0 Å². The molecule has 0 aliphatic rings. The summed E-state index contributed by atoms with van der Waals surface area (Å²) < 4.78 is 1.42. The van der Waals surface area contributed by atoms with E-state index in [2.05, 4.69) is 17.2 Å². The van der Waals surface area contributed by atoms with Crippen molar-refractivity contribution in [2.24, 2.45) is 0 Å². The summed E-state index contributed by atoms with van der Waals surface area (Å²) >= 11 is 0. The summed E-state index contributed by atoms with van der Waals surface area (Å²) in [4.78, 5) is 15.9. The molecule has 2 unspecified atom stereocenters. The van der Waals surface area contributed by atoms with Crippen molar-refractivity contribution in [2.45, 2.75) is 45.7 Å². The molecule has 1 aromatic rings. The van der Waals surface area contributed by atoms with Gasteiger partial charge in [-0.05, 0) is 20.3 Å². The zero-order valence-corrected chi connectivity index (χ0v) is 11.3. The summed E-state index contributed by atoms with van der Waals surface area (Å²) in [6.45, 7) is 5.67. The van der Waals surface area contributed by atoms with Gasteiger partial charge in [-0.2, -0.15) is 10.5 Å². The third-order valence-electron chi connectivity index (χ3n) is 2.91. The lowest BCUT2D eigenvalue weighted by Gasteiger charge is -2.18. The van der Waals surface area contributed by atoms with Crippen molar-refractivity contribution in [1.82, 2.24) is 14.9 Å². The Hall–Kier alpha value is -2.34. The first-order valence-corrected chi connectivity index (χ1v) is 6.22. The second kappa shape index (κ2) is 6.55. The van der Waals surface area contributed by atoms with E-state index in [9.17, 15) is 4.79 Å². The molecular weight excluding hydrogens is 242 g/mol. The van der Waals surface area contributed by atoms with E-state index in [0.717, 1.165) is 12.8 Å². The Kier molecular flexibility index (Phi) is 5.08. The number of amides is 1. The SMILES string of the molecule is CCCC(C)NC(=O)C(C)n1cnc(C#N)c1C#N. The monoisotopic (exact) mass is 259 g/mol. The maximum atomic E-state index is 12.0. The average Bonchev–Trinajstić information content (AvgIpc) is 2.80. The van der Waals surface area contributed by atoms with Crippen LogP contribution < -0.4 is 5.32 Å². The highest BCUT2D eigenvalue weighted by molar-refractivity contribution is 5.80. The molecule has 0 aromatic carbocycles. The normalized spacial score (nSPS) is 13.1. The topological polar surface area (TPSA) is 94.5 Å². The van der Waals surface area contributed by atoms with E-state index in [1.165, 1.54) is 10.9 Å². The Balaban J connectivity index is 2.87. The van der Waals surface area contributed by atoms with E-state index in [1.54, 1.807) is 6.92 Å². The van der Waals surface area contributed by atoms with Crippen LogP contribution in [0, 0.1) is 22.7 Å². The van der Waals surface area contributed by atoms with E-state index >= 15 is 0 Å². The first-order valence-electron chi connectivity index (χ1n) is 6.22. The van der Waals surface area contributed by atoms with Crippen LogP contribution in [-0.4, -0.2) is 21.5 Å². The third kappa shape index (κ3) is 3.32. The Bertz CT molecular complexity index is 534. The van der Waals surface area contributed by atoms with Gasteiger partial charge in [-0.3, -0.25) is 4.79 Å². The Labute approximate surface area is 112 Å². The lowest BCUT2D eigenvalue weighted by molar-refractivity contribution is -0.124. The second-order valence-corrected chi connectivity index (χ2v) is 4.45. The van der Waals surface area contributed by atoms with Gasteiger partial charge >= 0.3 is 0 Å². The van der Waals surface area contributed by atoms with E-state index in [-0.39, 0.29) is 23.3 Å². The molecule has 0 spiro atoms. The Morgan fingerprint density at radius 3 is 2.68 bits per heavy atom. The number of hydrogen-bond acceptors (Lipinski definition) is 4. The number of nitrogens with one attached hydrogen (secondary N) is 1. The van der Waals surface area contributed by atoms with Gasteiger partial charge in [-0.15, -0.1) is 0 Å². The molecule has 1 N–H and O–H groups in total. The van der Waals surface area contributed by atoms with Gasteiger partial charge in [0.15, 0.2) is 11.4 Å². The van der Waals surface area contributed by atoms with E-state index < -0.39 is 6.04 Å². The number of aromatic nitrogens is 2. The maximum Gasteiger partial charge on any atom is 0.243 e. The lowest BCUT2D eigenvalue weighted by atomic mass is 10.2. The molecule has 2 atom stereocenters. The van der Waals surface area contributed by atoms with Crippen LogP contribution >= 0.6 is 0 Å². The molecule has 0 radical (unpaired) electrons. The summed E-state index contributed by atoms with van der Waals surface area (Å²) in [7, 11) is 0. The number of carbonyl (C=O) groups excluding carboxylic acids is 1. The van der Waals surface area contributed by atoms with Crippen LogP contribution in [0.3, 0.4) is 0 Å². The zero-order chi connectivity index (χ0) is 14.4. The standard InChI is InChI=1S/C13H17N5O/c1-4-5-9(2)17-13(19)10(3)18-8-16-11(6-14)12(18)7-15/h8-10H,4-5H2,1-3H3,(H,17,19). The predicted molar refractivity (Wildman–Crippen MR) is 68.9 cm³/mol. The molecule has 1 heterocycles. The summed E-state index contributed by atoms with van der Waals surface area (Å²) in [5.41, 5.74) is 0.164. The van der Waals surface area contributed by atoms with E-state index in [1.807, 2.05) is 19.1 Å². The van der Waals surface area contributed by atoms with E-state index in [0.29, 0.717) is 0 Å². The minimum atomic E-state index is -0.566. The van der Waals surface area contributed by atoms with Crippen molar-refractivity contribution in [2.75, 3.05) is 0 Å². The molecule has 0 aliphatic heterocycles. The van der Waals surface area contributed by atoms with Crippen LogP contribution in [-0.2, 0) is 4.79 Å². The Morgan fingerprint density at radius 1 is 1.47 bits per heavy atom. The van der Waals surface area contributed by atoms with Crippen LogP contribution in [0.15, 0.2) is 6.33 Å². The molecule has 1 amide bonds. The molecule has 0 fully saturated rings. The van der Waals surface area contributed by atoms with Crippen molar-refractivity contribution >= 4 is 5.91 Å². The van der Waals surface area contributed by atoms with Crippen molar-refractivity contribution in [3.05, 3.63) is 17.7 Å². The van der Waals surface area contributed by atoms with Gasteiger partial charge in [0.1, 0.15) is 18.2 Å². The second-order valence-electron chi connectivity index (χ2n) is 4.45. The number of rotatable bonds is 5. The lowest BCUT2D eigenvalue weighted by Crippen LogP contribution is -2.37. The molecule has 19 heavy (non-hydrogen) atoms. The Morgan fingerprint density at radius 2 is 2.16 bits per heavy atom. The maximum absolute atomic E-state index is 12.0. The largest absolute Gasteiger partial charge is 0.352 e. The number of nitrogens with zero attached hydrogens (tertiary/aromatic N) is 4. The molecule has 0 saturated heterocycles. The summed E-state index contributed by atoms with van der Waals surface area (Å²) in [6, 6.07) is 3.26. The molecule has 1 aromatic heterocycles. The smallest absolute Gasteiger partial charge is 0.243 e. The van der Waals surface area contributed by atoms with Gasteiger partial charge < -0.3 is 9.88 Å². The number of carbonyl (C=O) groups is 1. The van der Waals surface area contributed by atoms with Gasteiger partial charge in [0.25, 0.3) is 0 Å². The van der Waals surface area contributed by atoms with Crippen LogP contribution in [0.4, 0.5) is 0 Å². The fourth-order valence-electron chi connectivity index (χ4n) is 1.84. The quantitative estimate of drug-likeness (QED) is 0.866. The van der Waals surface area contributed by atoms with Crippen molar-refractivity contribution in [3.8, 4) is 12.1 Å². The zero-order valence-electron chi connectivity index (χ0n) is 11.3.